The predicted octanol–water partition coefficient (Wildman–Crippen LogP) is 5.36. The first kappa shape index (κ1) is 29.9. The summed E-state index contributed by atoms with van der Waals surface area (Å²) in [5, 5.41) is 0.717. The molecule has 10 heteroatoms. The Morgan fingerprint density at radius 1 is 1.10 bits per heavy atom. The van der Waals surface area contributed by atoms with Crippen LogP contribution in [0.3, 0.4) is 0 Å². The van der Waals surface area contributed by atoms with Gasteiger partial charge in [-0.3, -0.25) is 4.79 Å². The lowest BCUT2D eigenvalue weighted by atomic mass is 9.70. The molecule has 1 fully saturated rings. The van der Waals surface area contributed by atoms with Gasteiger partial charge in [-0.05, 0) is 91.8 Å². The highest BCUT2D eigenvalue weighted by molar-refractivity contribution is 7.87. The maximum absolute atomic E-state index is 13.3. The van der Waals surface area contributed by atoms with E-state index in [4.69, 9.17) is 21.1 Å². The van der Waals surface area contributed by atoms with Gasteiger partial charge < -0.3 is 14.4 Å². The number of anilines is 1. The topological polar surface area (TPSA) is 88.2 Å². The van der Waals surface area contributed by atoms with Crippen molar-refractivity contribution in [3.05, 3.63) is 70.3 Å². The van der Waals surface area contributed by atoms with Crippen LogP contribution in [0.25, 0.3) is 0 Å². The number of hydrogen-bond donors (Lipinski definition) is 1. The summed E-state index contributed by atoms with van der Waals surface area (Å²) in [6.07, 6.45) is 9.62. The lowest BCUT2D eigenvalue weighted by Gasteiger charge is -2.43. The van der Waals surface area contributed by atoms with Gasteiger partial charge in [0.1, 0.15) is 12.4 Å². The Bertz CT molecular complexity index is 1380. The normalized spacial score (nSPS) is 26.3. The zero-order valence-electron chi connectivity index (χ0n) is 23.9. The number of methoxy groups -OCH3 is 1. The molecule has 1 saturated carbocycles. The first-order valence-electron chi connectivity index (χ1n) is 14.6. The molecular formula is C31H40ClN3O5S. The first-order chi connectivity index (χ1) is 19.8. The van der Waals surface area contributed by atoms with Gasteiger partial charge in [-0.2, -0.15) is 12.7 Å². The van der Waals surface area contributed by atoms with Gasteiger partial charge >= 0.3 is 10.2 Å². The summed E-state index contributed by atoms with van der Waals surface area (Å²) in [6.45, 7) is 4.27. The van der Waals surface area contributed by atoms with Crippen LogP contribution in [0.4, 0.5) is 5.69 Å². The molecule has 41 heavy (non-hydrogen) atoms. The highest BCUT2D eigenvalue weighted by Gasteiger charge is 2.38. The molecule has 2 aromatic carbocycles. The second kappa shape index (κ2) is 13.2. The van der Waals surface area contributed by atoms with E-state index in [-0.39, 0.29) is 24.8 Å². The number of ether oxygens (including phenoxy) is 2. The highest BCUT2D eigenvalue weighted by Crippen LogP contribution is 2.41. The zero-order valence-corrected chi connectivity index (χ0v) is 25.4. The van der Waals surface area contributed by atoms with E-state index in [9.17, 15) is 13.2 Å². The van der Waals surface area contributed by atoms with E-state index in [2.05, 4.69) is 15.7 Å². The smallest absolute Gasteiger partial charge is 0.304 e. The molecule has 0 spiro atoms. The summed E-state index contributed by atoms with van der Waals surface area (Å²) in [5.41, 5.74) is 3.37. The standard InChI is InChI=1S/C31H40ClN3O5S/c1-3-35-17-7-5-9-29(39-2)27-14-11-24(27)20-34-16-6-4-8-22-18-26(32)13-10-25(22)21-40-30-15-12-23(19-28(30)34)31(36)33-41(35,37)38/h5,9-10,12-13,15,18-19,24,27,29H,3-4,6-8,11,14,16-17,20-21H2,1-2H3,(H,33,36)/b9-5+/t24-,27+,29?/m0/s1. The number of carbonyl (C=O) groups is 1. The third kappa shape index (κ3) is 6.91. The Hall–Kier alpha value is -2.59. The molecule has 2 aromatic rings. The van der Waals surface area contributed by atoms with Gasteiger partial charge in [0.2, 0.25) is 0 Å². The van der Waals surface area contributed by atoms with E-state index in [1.54, 1.807) is 32.2 Å². The first-order valence-corrected chi connectivity index (χ1v) is 16.4. The van der Waals surface area contributed by atoms with Gasteiger partial charge in [0.05, 0.1) is 11.8 Å². The molecule has 0 radical (unpaired) electrons. The fourth-order valence-electron chi connectivity index (χ4n) is 6.15. The van der Waals surface area contributed by atoms with Crippen LogP contribution < -0.4 is 14.4 Å². The summed E-state index contributed by atoms with van der Waals surface area (Å²) in [5.74, 6) is 0.818. The summed E-state index contributed by atoms with van der Waals surface area (Å²) in [7, 11) is -2.27. The Balaban J connectivity index is 1.54. The largest absolute Gasteiger partial charge is 0.487 e. The minimum Gasteiger partial charge on any atom is -0.487 e. The van der Waals surface area contributed by atoms with E-state index in [0.29, 0.717) is 30.6 Å². The van der Waals surface area contributed by atoms with Crippen molar-refractivity contribution in [3.8, 4) is 5.75 Å². The van der Waals surface area contributed by atoms with E-state index < -0.39 is 16.1 Å². The summed E-state index contributed by atoms with van der Waals surface area (Å²) < 4.78 is 42.1. The van der Waals surface area contributed by atoms with Crippen LogP contribution in [-0.4, -0.2) is 58.0 Å². The molecule has 3 atom stereocenters. The van der Waals surface area contributed by atoms with Crippen LogP contribution in [0.5, 0.6) is 5.75 Å². The number of fused-ring (bicyclic) bond motifs is 3. The fourth-order valence-corrected chi connectivity index (χ4v) is 7.51. The van der Waals surface area contributed by atoms with E-state index in [1.807, 2.05) is 24.3 Å². The fraction of sp³-hybridized carbons (Fsp3) is 0.516. The Kier molecular flexibility index (Phi) is 9.59. The Labute approximate surface area is 248 Å². The minimum absolute atomic E-state index is 0.0294. The zero-order chi connectivity index (χ0) is 29.0. The summed E-state index contributed by atoms with van der Waals surface area (Å²) in [6, 6.07) is 11.1. The highest BCUT2D eigenvalue weighted by atomic mass is 35.5. The predicted molar refractivity (Wildman–Crippen MR) is 162 cm³/mol. The van der Waals surface area contributed by atoms with Crippen LogP contribution >= 0.6 is 11.6 Å². The summed E-state index contributed by atoms with van der Waals surface area (Å²) in [4.78, 5) is 15.6. The molecule has 1 amide bonds. The molecule has 222 valence electrons. The van der Waals surface area contributed by atoms with Gasteiger partial charge in [-0.1, -0.05) is 36.7 Å². The number of rotatable bonds is 2. The number of nitrogens with zero attached hydrogens (tertiary/aromatic N) is 2. The van der Waals surface area contributed by atoms with Crippen LogP contribution in [0, 0.1) is 11.8 Å². The second-order valence-electron chi connectivity index (χ2n) is 11.1. The number of hydrogen-bond acceptors (Lipinski definition) is 6. The SMILES string of the molecule is CCN1CC/C=C/C(OC)[C@@H]2CC[C@H]2CN2CCCCc3cc(Cl)ccc3COc3ccc(cc32)C(=O)NS1(=O)=O. The number of halogens is 1. The molecule has 8 nitrogen and oxygen atoms in total. The minimum atomic E-state index is -4.01. The van der Waals surface area contributed by atoms with Gasteiger partial charge in [-0.25, -0.2) is 4.72 Å². The molecular weight excluding hydrogens is 562 g/mol. The molecule has 1 unspecified atom stereocenters. The van der Waals surface area contributed by atoms with Gasteiger partial charge in [0, 0.05) is 43.9 Å². The molecule has 5 rings (SSSR count). The number of benzene rings is 2. The molecule has 0 aromatic heterocycles. The third-order valence-corrected chi connectivity index (χ3v) is 10.4. The number of amides is 1. The number of carbonyl (C=O) groups excluding carboxylic acids is 1. The van der Waals surface area contributed by atoms with Crippen molar-refractivity contribution >= 4 is 33.4 Å². The average Bonchev–Trinajstić information content (AvgIpc) is 2.96. The van der Waals surface area contributed by atoms with E-state index in [0.717, 1.165) is 61.5 Å². The van der Waals surface area contributed by atoms with Crippen molar-refractivity contribution in [2.75, 3.05) is 38.2 Å². The Morgan fingerprint density at radius 2 is 1.95 bits per heavy atom. The third-order valence-electron chi connectivity index (χ3n) is 8.65. The van der Waals surface area contributed by atoms with E-state index in [1.165, 1.54) is 9.87 Å². The Morgan fingerprint density at radius 3 is 2.71 bits per heavy atom. The van der Waals surface area contributed by atoms with Crippen molar-refractivity contribution < 1.29 is 22.7 Å². The molecule has 1 N–H and O–H groups in total. The lowest BCUT2D eigenvalue weighted by molar-refractivity contribution is 0.0134. The molecule has 0 saturated heterocycles. The van der Waals surface area contributed by atoms with Crippen molar-refractivity contribution in [2.45, 2.75) is 58.2 Å². The lowest BCUT2D eigenvalue weighted by Crippen LogP contribution is -2.45. The van der Waals surface area contributed by atoms with Crippen molar-refractivity contribution in [1.29, 1.82) is 0 Å². The monoisotopic (exact) mass is 601 g/mol. The maximum atomic E-state index is 13.3. The van der Waals surface area contributed by atoms with Crippen molar-refractivity contribution in [2.24, 2.45) is 11.8 Å². The quantitative estimate of drug-likeness (QED) is 0.466. The molecule has 2 bridgehead atoms. The molecule has 3 aliphatic rings. The van der Waals surface area contributed by atoms with Crippen LogP contribution in [-0.2, 0) is 28.0 Å². The molecule has 1 aliphatic carbocycles. The van der Waals surface area contributed by atoms with Crippen molar-refractivity contribution in [3.63, 3.8) is 0 Å². The maximum Gasteiger partial charge on any atom is 0.304 e. The van der Waals surface area contributed by atoms with Gasteiger partial charge in [0.15, 0.2) is 0 Å². The van der Waals surface area contributed by atoms with Crippen LogP contribution in [0.15, 0.2) is 48.6 Å². The summed E-state index contributed by atoms with van der Waals surface area (Å²) >= 11 is 6.31. The number of aryl methyl sites for hydroxylation is 1. The average molecular weight is 602 g/mol. The van der Waals surface area contributed by atoms with Crippen molar-refractivity contribution in [1.82, 2.24) is 9.03 Å². The number of nitrogens with one attached hydrogen (secondary N) is 1. The van der Waals surface area contributed by atoms with Crippen LogP contribution in [0.1, 0.15) is 60.5 Å². The van der Waals surface area contributed by atoms with E-state index >= 15 is 0 Å². The second-order valence-corrected chi connectivity index (χ2v) is 13.2. The molecule has 2 aliphatic heterocycles. The van der Waals surface area contributed by atoms with Gasteiger partial charge in [0.25, 0.3) is 5.91 Å². The van der Waals surface area contributed by atoms with Gasteiger partial charge in [-0.15, -0.1) is 0 Å². The van der Waals surface area contributed by atoms with Crippen LogP contribution in [0.2, 0.25) is 5.02 Å². The molecule has 2 heterocycles.